The van der Waals surface area contributed by atoms with Gasteiger partial charge in [-0.3, -0.25) is 9.36 Å². The van der Waals surface area contributed by atoms with Gasteiger partial charge in [-0.2, -0.15) is 0 Å². The molecule has 1 fully saturated rings. The fourth-order valence-electron chi connectivity index (χ4n) is 2.26. The van der Waals surface area contributed by atoms with Crippen LogP contribution in [0.5, 0.6) is 0 Å². The van der Waals surface area contributed by atoms with Gasteiger partial charge in [0.25, 0.3) is 5.56 Å². The van der Waals surface area contributed by atoms with Crippen molar-refractivity contribution in [1.82, 2.24) is 9.55 Å². The minimum absolute atomic E-state index is 0.0729. The van der Waals surface area contributed by atoms with Gasteiger partial charge >= 0.3 is 0 Å². The molecule has 0 radical (unpaired) electrons. The molecule has 1 saturated carbocycles. The summed E-state index contributed by atoms with van der Waals surface area (Å²) in [6.07, 6.45) is 2.38. The first-order chi connectivity index (χ1) is 8.41. The smallest absolute Gasteiger partial charge is 0.263 e. The van der Waals surface area contributed by atoms with Crippen LogP contribution in [-0.2, 0) is 6.54 Å². The quantitative estimate of drug-likeness (QED) is 0.854. The molecule has 1 aliphatic carbocycles. The maximum Gasteiger partial charge on any atom is 0.263 e. The summed E-state index contributed by atoms with van der Waals surface area (Å²) in [5.41, 5.74) is 1.43. The van der Waals surface area contributed by atoms with Crippen molar-refractivity contribution in [3.05, 3.63) is 25.6 Å². The van der Waals surface area contributed by atoms with E-state index in [1.165, 1.54) is 17.7 Å². The SMILES string of the molecule is Cc1sc2[nH]c(=S)n(CC3(C)CC3)c(=O)c2c1C. The molecule has 3 nitrogen and oxygen atoms in total. The van der Waals surface area contributed by atoms with Crippen molar-refractivity contribution in [2.24, 2.45) is 5.41 Å². The van der Waals surface area contributed by atoms with Gasteiger partial charge in [0.1, 0.15) is 4.83 Å². The predicted octanol–water partition coefficient (Wildman–Crippen LogP) is 3.54. The number of rotatable bonds is 2. The highest BCUT2D eigenvalue weighted by Gasteiger charge is 2.38. The maximum absolute atomic E-state index is 12.6. The van der Waals surface area contributed by atoms with Crippen molar-refractivity contribution in [3.63, 3.8) is 0 Å². The predicted molar refractivity (Wildman–Crippen MR) is 78.1 cm³/mol. The Balaban J connectivity index is 2.29. The van der Waals surface area contributed by atoms with Crippen molar-refractivity contribution in [3.8, 4) is 0 Å². The standard InChI is InChI=1S/C13H16N2OS2/c1-7-8(2)18-10-9(7)11(16)15(12(17)14-10)6-13(3)4-5-13/h4-6H2,1-3H3,(H,14,17). The third kappa shape index (κ3) is 1.77. The van der Waals surface area contributed by atoms with Crippen molar-refractivity contribution < 1.29 is 0 Å². The molecule has 0 saturated heterocycles. The zero-order chi connectivity index (χ0) is 13.1. The number of aromatic amines is 1. The third-order valence-corrected chi connectivity index (χ3v) is 5.40. The molecule has 1 aliphatic rings. The van der Waals surface area contributed by atoms with Crippen LogP contribution in [0, 0.1) is 24.0 Å². The topological polar surface area (TPSA) is 37.8 Å². The lowest BCUT2D eigenvalue weighted by Crippen LogP contribution is -2.25. The molecule has 0 spiro atoms. The first-order valence-electron chi connectivity index (χ1n) is 6.14. The number of fused-ring (bicyclic) bond motifs is 1. The van der Waals surface area contributed by atoms with E-state index in [9.17, 15) is 4.79 Å². The lowest BCUT2D eigenvalue weighted by Gasteiger charge is -2.11. The molecular formula is C13H16N2OS2. The van der Waals surface area contributed by atoms with Crippen LogP contribution in [0.15, 0.2) is 4.79 Å². The minimum Gasteiger partial charge on any atom is -0.323 e. The normalized spacial score (nSPS) is 17.3. The number of hydrogen-bond acceptors (Lipinski definition) is 3. The Morgan fingerprint density at radius 2 is 2.11 bits per heavy atom. The highest BCUT2D eigenvalue weighted by atomic mass is 32.1. The third-order valence-electron chi connectivity index (χ3n) is 3.95. The summed E-state index contributed by atoms with van der Waals surface area (Å²) < 4.78 is 2.30. The molecule has 2 aromatic heterocycles. The largest absolute Gasteiger partial charge is 0.323 e. The summed E-state index contributed by atoms with van der Waals surface area (Å²) in [7, 11) is 0. The van der Waals surface area contributed by atoms with E-state index in [-0.39, 0.29) is 11.0 Å². The van der Waals surface area contributed by atoms with Crippen LogP contribution in [0.3, 0.4) is 0 Å². The summed E-state index contributed by atoms with van der Waals surface area (Å²) in [6.45, 7) is 7.01. The Morgan fingerprint density at radius 3 is 2.72 bits per heavy atom. The lowest BCUT2D eigenvalue weighted by molar-refractivity contribution is 0.449. The zero-order valence-corrected chi connectivity index (χ0v) is 12.4. The molecule has 2 aromatic rings. The molecule has 0 aromatic carbocycles. The fourth-order valence-corrected chi connectivity index (χ4v) is 3.63. The van der Waals surface area contributed by atoms with Gasteiger partial charge in [0.2, 0.25) is 0 Å². The molecule has 18 heavy (non-hydrogen) atoms. The first kappa shape index (κ1) is 12.1. The summed E-state index contributed by atoms with van der Waals surface area (Å²) in [4.78, 5) is 17.9. The Labute approximate surface area is 114 Å². The number of nitrogens with zero attached hydrogens (tertiary/aromatic N) is 1. The second kappa shape index (κ2) is 3.78. The van der Waals surface area contributed by atoms with Crippen LogP contribution in [0.2, 0.25) is 0 Å². The van der Waals surface area contributed by atoms with Crippen LogP contribution < -0.4 is 5.56 Å². The van der Waals surface area contributed by atoms with E-state index in [2.05, 4.69) is 11.9 Å². The van der Waals surface area contributed by atoms with Gasteiger partial charge < -0.3 is 4.98 Å². The van der Waals surface area contributed by atoms with Crippen molar-refractivity contribution >= 4 is 33.8 Å². The molecule has 2 heterocycles. The average Bonchev–Trinajstić information content (AvgIpc) is 2.95. The second-order valence-corrected chi connectivity index (χ2v) is 7.23. The van der Waals surface area contributed by atoms with Gasteiger partial charge in [-0.1, -0.05) is 6.92 Å². The van der Waals surface area contributed by atoms with Crippen LogP contribution in [0.25, 0.3) is 10.2 Å². The molecule has 5 heteroatoms. The van der Waals surface area contributed by atoms with Crippen molar-refractivity contribution in [2.45, 2.75) is 40.2 Å². The molecule has 0 unspecified atom stereocenters. The molecule has 0 bridgehead atoms. The van der Waals surface area contributed by atoms with Crippen LogP contribution in [-0.4, -0.2) is 9.55 Å². The summed E-state index contributed by atoms with van der Waals surface area (Å²) in [6, 6.07) is 0. The van der Waals surface area contributed by atoms with Crippen molar-refractivity contribution in [1.29, 1.82) is 0 Å². The number of H-pyrrole nitrogens is 1. The monoisotopic (exact) mass is 280 g/mol. The van der Waals surface area contributed by atoms with E-state index in [4.69, 9.17) is 12.2 Å². The number of hydrogen-bond donors (Lipinski definition) is 1. The molecule has 3 rings (SSSR count). The molecule has 1 N–H and O–H groups in total. The van der Waals surface area contributed by atoms with Crippen LogP contribution in [0.1, 0.15) is 30.2 Å². The number of nitrogens with one attached hydrogen (secondary N) is 1. The lowest BCUT2D eigenvalue weighted by atomic mass is 10.1. The fraction of sp³-hybridized carbons (Fsp3) is 0.538. The number of aryl methyl sites for hydroxylation is 2. The van der Waals surface area contributed by atoms with Gasteiger partial charge in [0, 0.05) is 11.4 Å². The Kier molecular flexibility index (Phi) is 2.54. The van der Waals surface area contributed by atoms with Crippen LogP contribution in [0.4, 0.5) is 0 Å². The average molecular weight is 280 g/mol. The van der Waals surface area contributed by atoms with E-state index in [0.717, 1.165) is 22.3 Å². The van der Waals surface area contributed by atoms with Gasteiger partial charge in [-0.25, -0.2) is 0 Å². The maximum atomic E-state index is 12.6. The molecule has 0 amide bonds. The van der Waals surface area contributed by atoms with E-state index in [0.29, 0.717) is 4.77 Å². The van der Waals surface area contributed by atoms with Gasteiger partial charge in [0.05, 0.1) is 5.39 Å². The molecular weight excluding hydrogens is 264 g/mol. The van der Waals surface area contributed by atoms with Gasteiger partial charge in [0.15, 0.2) is 4.77 Å². The Morgan fingerprint density at radius 1 is 1.44 bits per heavy atom. The Bertz CT molecular complexity index is 747. The highest BCUT2D eigenvalue weighted by Crippen LogP contribution is 2.46. The number of thiophene rings is 1. The molecule has 0 aliphatic heterocycles. The van der Waals surface area contributed by atoms with Crippen LogP contribution >= 0.6 is 23.6 Å². The van der Waals surface area contributed by atoms with E-state index in [1.54, 1.807) is 15.9 Å². The van der Waals surface area contributed by atoms with E-state index < -0.39 is 0 Å². The van der Waals surface area contributed by atoms with Crippen molar-refractivity contribution in [2.75, 3.05) is 0 Å². The zero-order valence-electron chi connectivity index (χ0n) is 10.8. The highest BCUT2D eigenvalue weighted by molar-refractivity contribution is 7.71. The van der Waals surface area contributed by atoms with E-state index >= 15 is 0 Å². The summed E-state index contributed by atoms with van der Waals surface area (Å²) in [5.74, 6) is 0. The van der Waals surface area contributed by atoms with Gasteiger partial charge in [-0.15, -0.1) is 11.3 Å². The molecule has 0 atom stereocenters. The minimum atomic E-state index is 0.0729. The first-order valence-corrected chi connectivity index (χ1v) is 7.37. The summed E-state index contributed by atoms with van der Waals surface area (Å²) in [5, 5.41) is 0.815. The summed E-state index contributed by atoms with van der Waals surface area (Å²) >= 11 is 6.94. The Hall–Kier alpha value is -0.940. The second-order valence-electron chi connectivity index (χ2n) is 5.62. The number of aromatic nitrogens is 2. The molecule has 96 valence electrons. The van der Waals surface area contributed by atoms with E-state index in [1.807, 2.05) is 13.8 Å². The van der Waals surface area contributed by atoms with Gasteiger partial charge in [-0.05, 0) is 49.9 Å².